The van der Waals surface area contributed by atoms with Crippen molar-refractivity contribution in [2.75, 3.05) is 19.7 Å². The number of hydrogen-bond acceptors (Lipinski definition) is 3. The van der Waals surface area contributed by atoms with Crippen LogP contribution in [-0.2, 0) is 4.79 Å². The molecule has 118 valence electrons. The average molecular weight is 288 g/mol. The van der Waals surface area contributed by atoms with Crippen molar-refractivity contribution in [2.24, 2.45) is 0 Å². The molecular weight excluding hydrogens is 260 g/mol. The molecule has 0 bridgehead atoms. The lowest BCUT2D eigenvalue weighted by Gasteiger charge is -2.40. The summed E-state index contributed by atoms with van der Waals surface area (Å²) in [5.41, 5.74) is -0.446. The van der Waals surface area contributed by atoms with E-state index in [2.05, 4.69) is 0 Å². The van der Waals surface area contributed by atoms with Gasteiger partial charge in [0.2, 0.25) is 0 Å². The van der Waals surface area contributed by atoms with Crippen molar-refractivity contribution in [3.8, 4) is 0 Å². The van der Waals surface area contributed by atoms with E-state index < -0.39 is 11.5 Å². The second-order valence-electron chi connectivity index (χ2n) is 6.11. The number of rotatable bonds is 7. The van der Waals surface area contributed by atoms with Gasteiger partial charge in [-0.25, -0.2) is 4.79 Å². The van der Waals surface area contributed by atoms with Gasteiger partial charge >= 0.3 is 12.0 Å². The number of aliphatic hydroxyl groups excluding tert-OH is 1. The number of carbonyl (C=O) groups is 2. The summed E-state index contributed by atoms with van der Waals surface area (Å²) >= 11 is 0. The van der Waals surface area contributed by atoms with Crippen LogP contribution in [0.25, 0.3) is 0 Å². The summed E-state index contributed by atoms with van der Waals surface area (Å²) in [7, 11) is 0. The summed E-state index contributed by atoms with van der Waals surface area (Å²) in [4.78, 5) is 26.6. The Hall–Kier alpha value is -1.30. The topological polar surface area (TPSA) is 81.1 Å². The standard InChI is InChI=1S/C14H28N2O4/c1-11(2)15(8-6-10-17)13(20)16(14(3,4)5)9-7-12(18)19/h11,17H,6-10H2,1-5H3,(H,18,19). The van der Waals surface area contributed by atoms with Crippen molar-refractivity contribution in [1.29, 1.82) is 0 Å². The maximum absolute atomic E-state index is 12.6. The maximum atomic E-state index is 12.6. The van der Waals surface area contributed by atoms with E-state index in [1.165, 1.54) is 0 Å². The molecule has 0 aromatic carbocycles. The van der Waals surface area contributed by atoms with Gasteiger partial charge < -0.3 is 20.0 Å². The predicted molar refractivity (Wildman–Crippen MR) is 77.7 cm³/mol. The van der Waals surface area contributed by atoms with Crippen LogP contribution in [0, 0.1) is 0 Å². The van der Waals surface area contributed by atoms with Gasteiger partial charge in [-0.3, -0.25) is 4.79 Å². The molecule has 0 aliphatic heterocycles. The van der Waals surface area contributed by atoms with E-state index in [1.807, 2.05) is 34.6 Å². The molecule has 0 aliphatic rings. The second-order valence-corrected chi connectivity index (χ2v) is 6.11. The normalized spacial score (nSPS) is 11.6. The molecule has 0 aromatic heterocycles. The van der Waals surface area contributed by atoms with Gasteiger partial charge in [-0.1, -0.05) is 0 Å². The zero-order valence-electron chi connectivity index (χ0n) is 13.2. The molecule has 20 heavy (non-hydrogen) atoms. The van der Waals surface area contributed by atoms with Crippen LogP contribution in [0.3, 0.4) is 0 Å². The Kier molecular flexibility index (Phi) is 7.57. The summed E-state index contributed by atoms with van der Waals surface area (Å²) in [6, 6.07) is -0.175. The van der Waals surface area contributed by atoms with Crippen LogP contribution < -0.4 is 0 Å². The molecule has 0 saturated carbocycles. The van der Waals surface area contributed by atoms with E-state index in [-0.39, 0.29) is 31.6 Å². The molecule has 2 amide bonds. The number of carbonyl (C=O) groups excluding carboxylic acids is 1. The van der Waals surface area contributed by atoms with Gasteiger partial charge in [-0.2, -0.15) is 0 Å². The summed E-state index contributed by atoms with van der Waals surface area (Å²) in [6.07, 6.45) is 0.440. The van der Waals surface area contributed by atoms with Crippen molar-refractivity contribution in [3.63, 3.8) is 0 Å². The molecule has 6 nitrogen and oxygen atoms in total. The Bertz CT molecular complexity index is 324. The highest BCUT2D eigenvalue weighted by molar-refractivity contribution is 5.76. The fourth-order valence-corrected chi connectivity index (χ4v) is 1.90. The molecule has 2 N–H and O–H groups in total. The van der Waals surface area contributed by atoms with Crippen molar-refractivity contribution in [1.82, 2.24) is 9.80 Å². The summed E-state index contributed by atoms with van der Waals surface area (Å²) in [5.74, 6) is -0.918. The quantitative estimate of drug-likeness (QED) is 0.748. The number of nitrogens with zero attached hydrogens (tertiary/aromatic N) is 2. The number of carboxylic acids is 1. The average Bonchev–Trinajstić information content (AvgIpc) is 2.26. The van der Waals surface area contributed by atoms with Crippen molar-refractivity contribution < 1.29 is 19.8 Å². The van der Waals surface area contributed by atoms with Gasteiger partial charge in [-0.05, 0) is 41.0 Å². The number of carboxylic acid groups (broad SMARTS) is 1. The lowest BCUT2D eigenvalue weighted by molar-refractivity contribution is -0.137. The van der Waals surface area contributed by atoms with E-state index >= 15 is 0 Å². The van der Waals surface area contributed by atoms with Crippen LogP contribution in [0.1, 0.15) is 47.5 Å². The lowest BCUT2D eigenvalue weighted by Crippen LogP contribution is -2.54. The molecule has 0 atom stereocenters. The zero-order valence-corrected chi connectivity index (χ0v) is 13.2. The van der Waals surface area contributed by atoms with Crippen molar-refractivity contribution in [2.45, 2.75) is 59.0 Å². The highest BCUT2D eigenvalue weighted by Gasteiger charge is 2.31. The van der Waals surface area contributed by atoms with E-state index in [1.54, 1.807) is 9.80 Å². The number of hydrogen-bond donors (Lipinski definition) is 2. The number of aliphatic hydroxyl groups is 1. The van der Waals surface area contributed by atoms with Crippen LogP contribution >= 0.6 is 0 Å². The van der Waals surface area contributed by atoms with E-state index in [0.29, 0.717) is 13.0 Å². The zero-order chi connectivity index (χ0) is 15.9. The molecular formula is C14H28N2O4. The first-order chi connectivity index (χ1) is 9.11. The molecule has 0 spiro atoms. The number of aliphatic carboxylic acids is 1. The van der Waals surface area contributed by atoms with Gasteiger partial charge in [0.15, 0.2) is 0 Å². The Morgan fingerprint density at radius 2 is 1.70 bits per heavy atom. The van der Waals surface area contributed by atoms with Gasteiger partial charge in [-0.15, -0.1) is 0 Å². The summed E-state index contributed by atoms with van der Waals surface area (Å²) in [5, 5.41) is 17.7. The minimum absolute atomic E-state index is 0.00345. The van der Waals surface area contributed by atoms with E-state index in [0.717, 1.165) is 0 Å². The van der Waals surface area contributed by atoms with Crippen molar-refractivity contribution in [3.05, 3.63) is 0 Å². The molecule has 6 heteroatoms. The van der Waals surface area contributed by atoms with E-state index in [9.17, 15) is 9.59 Å². The molecule has 0 radical (unpaired) electrons. The summed E-state index contributed by atoms with van der Waals surface area (Å²) in [6.45, 7) is 10.2. The van der Waals surface area contributed by atoms with Crippen LogP contribution in [0.2, 0.25) is 0 Å². The third-order valence-electron chi connectivity index (χ3n) is 3.02. The molecule has 0 aromatic rings. The van der Waals surface area contributed by atoms with Crippen molar-refractivity contribution >= 4 is 12.0 Å². The lowest BCUT2D eigenvalue weighted by atomic mass is 10.1. The Morgan fingerprint density at radius 1 is 1.15 bits per heavy atom. The Morgan fingerprint density at radius 3 is 2.05 bits per heavy atom. The molecule has 0 rings (SSSR count). The third kappa shape index (κ3) is 6.23. The minimum Gasteiger partial charge on any atom is -0.481 e. The first kappa shape index (κ1) is 18.7. The molecule has 0 fully saturated rings. The first-order valence-electron chi connectivity index (χ1n) is 7.02. The van der Waals surface area contributed by atoms with Gasteiger partial charge in [0.25, 0.3) is 0 Å². The second kappa shape index (κ2) is 8.09. The Balaban J connectivity index is 5.01. The van der Waals surface area contributed by atoms with Crippen LogP contribution in [0.4, 0.5) is 4.79 Å². The minimum atomic E-state index is -0.918. The number of urea groups is 1. The number of amides is 2. The van der Waals surface area contributed by atoms with Crippen LogP contribution in [-0.4, -0.2) is 63.3 Å². The van der Waals surface area contributed by atoms with Gasteiger partial charge in [0.1, 0.15) is 0 Å². The fraction of sp³-hybridized carbons (Fsp3) is 0.857. The maximum Gasteiger partial charge on any atom is 0.320 e. The highest BCUT2D eigenvalue weighted by Crippen LogP contribution is 2.18. The molecule has 0 saturated heterocycles. The van der Waals surface area contributed by atoms with Crippen LogP contribution in [0.15, 0.2) is 0 Å². The highest BCUT2D eigenvalue weighted by atomic mass is 16.4. The van der Waals surface area contributed by atoms with E-state index in [4.69, 9.17) is 10.2 Å². The van der Waals surface area contributed by atoms with Gasteiger partial charge in [0, 0.05) is 31.3 Å². The molecule has 0 heterocycles. The third-order valence-corrected chi connectivity index (χ3v) is 3.02. The fourth-order valence-electron chi connectivity index (χ4n) is 1.90. The smallest absolute Gasteiger partial charge is 0.320 e. The molecule has 0 aliphatic carbocycles. The predicted octanol–water partition coefficient (Wildman–Crippen LogP) is 1.77. The summed E-state index contributed by atoms with van der Waals surface area (Å²) < 4.78 is 0. The van der Waals surface area contributed by atoms with Crippen LogP contribution in [0.5, 0.6) is 0 Å². The first-order valence-corrected chi connectivity index (χ1v) is 7.02. The monoisotopic (exact) mass is 288 g/mol. The molecule has 0 unspecified atom stereocenters. The largest absolute Gasteiger partial charge is 0.481 e. The SMILES string of the molecule is CC(C)N(CCCO)C(=O)N(CCC(=O)O)C(C)(C)C. The Labute approximate surface area is 121 Å². The van der Waals surface area contributed by atoms with Gasteiger partial charge in [0.05, 0.1) is 6.42 Å².